The van der Waals surface area contributed by atoms with Crippen LogP contribution < -0.4 is 27.0 Å². The maximum atomic E-state index is 12.7. The average molecular weight is 492 g/mol. The summed E-state index contributed by atoms with van der Waals surface area (Å²) in [7, 11) is 0. The monoisotopic (exact) mass is 491 g/mol. The molecule has 0 saturated heterocycles. The van der Waals surface area contributed by atoms with E-state index < -0.39 is 23.9 Å². The summed E-state index contributed by atoms with van der Waals surface area (Å²) in [6.45, 7) is 1.41. The molecule has 194 valence electrons. The smallest absolute Gasteiger partial charge is 0.312 e. The zero-order valence-electron chi connectivity index (χ0n) is 20.2. The number of amides is 5. The fourth-order valence-electron chi connectivity index (χ4n) is 3.24. The van der Waals surface area contributed by atoms with Crippen molar-refractivity contribution in [2.45, 2.75) is 70.9 Å². The zero-order valence-corrected chi connectivity index (χ0v) is 20.2. The number of hydrogen-bond acceptors (Lipinski definition) is 6. The molecule has 0 aliphatic carbocycles. The summed E-state index contributed by atoms with van der Waals surface area (Å²) in [5.74, 6) is -1.07. The van der Waals surface area contributed by atoms with E-state index in [1.807, 2.05) is 0 Å². The molecule has 11 heteroatoms. The quantitative estimate of drug-likeness (QED) is 0.177. The van der Waals surface area contributed by atoms with Crippen molar-refractivity contribution in [1.29, 1.82) is 0 Å². The molecule has 0 aromatic heterocycles. The number of carbonyl (C=O) groups excluding carboxylic acids is 5. The van der Waals surface area contributed by atoms with Gasteiger partial charge in [0.2, 0.25) is 17.7 Å². The van der Waals surface area contributed by atoms with Crippen LogP contribution in [0.5, 0.6) is 0 Å². The molecule has 7 N–H and O–H groups in total. The maximum absolute atomic E-state index is 12.7. The molecule has 0 fully saturated rings. The lowest BCUT2D eigenvalue weighted by Crippen LogP contribution is -2.47. The van der Waals surface area contributed by atoms with E-state index in [0.29, 0.717) is 30.5 Å². The van der Waals surface area contributed by atoms with Gasteiger partial charge in [-0.05, 0) is 50.3 Å². The number of carbonyl (C=O) groups is 5. The van der Waals surface area contributed by atoms with Crippen molar-refractivity contribution in [2.24, 2.45) is 5.73 Å². The van der Waals surface area contributed by atoms with Crippen LogP contribution in [0.4, 0.5) is 10.5 Å². The first-order valence-corrected chi connectivity index (χ1v) is 11.8. The molecule has 0 bridgehead atoms. The Morgan fingerprint density at radius 3 is 2.14 bits per heavy atom. The third-order valence-corrected chi connectivity index (χ3v) is 5.15. The Morgan fingerprint density at radius 2 is 1.54 bits per heavy atom. The first-order valence-electron chi connectivity index (χ1n) is 11.8. The van der Waals surface area contributed by atoms with E-state index in [-0.39, 0.29) is 44.2 Å². The van der Waals surface area contributed by atoms with Crippen LogP contribution in [0.15, 0.2) is 24.3 Å². The number of ketones is 1. The summed E-state index contributed by atoms with van der Waals surface area (Å²) in [4.78, 5) is 58.8. The minimum Gasteiger partial charge on any atom is -0.392 e. The molecule has 0 heterocycles. The van der Waals surface area contributed by atoms with E-state index >= 15 is 0 Å². The lowest BCUT2D eigenvalue weighted by Gasteiger charge is -2.19. The van der Waals surface area contributed by atoms with Crippen molar-refractivity contribution in [3.05, 3.63) is 29.8 Å². The second-order valence-corrected chi connectivity index (χ2v) is 8.29. The molecule has 0 radical (unpaired) electrons. The Kier molecular flexibility index (Phi) is 14.4. The maximum Gasteiger partial charge on any atom is 0.312 e. The largest absolute Gasteiger partial charge is 0.392 e. The van der Waals surface area contributed by atoms with E-state index in [4.69, 9.17) is 10.8 Å². The number of nitrogens with two attached hydrogens (primary N) is 1. The van der Waals surface area contributed by atoms with E-state index in [1.54, 1.807) is 31.2 Å². The minimum absolute atomic E-state index is 0.120. The molecule has 35 heavy (non-hydrogen) atoms. The van der Waals surface area contributed by atoms with Crippen LogP contribution in [0.3, 0.4) is 0 Å². The molecule has 0 spiro atoms. The number of anilines is 1. The van der Waals surface area contributed by atoms with Crippen LogP contribution in [0.25, 0.3) is 0 Å². The first kappa shape index (κ1) is 29.6. The number of nitrogens with one attached hydrogen (secondary N) is 4. The second kappa shape index (κ2) is 17.0. The summed E-state index contributed by atoms with van der Waals surface area (Å²) >= 11 is 0. The third kappa shape index (κ3) is 14.4. The number of rotatable bonds is 17. The molecule has 1 aromatic carbocycles. The Hall–Kier alpha value is -3.47. The van der Waals surface area contributed by atoms with Gasteiger partial charge in [-0.1, -0.05) is 25.0 Å². The van der Waals surface area contributed by atoms with E-state index in [0.717, 1.165) is 19.3 Å². The standard InChI is InChI=1S/C24H37N5O6/c1-17(31)7-4-2-3-5-9-21(32)27-15-22(33)29-20(8-6-14-26-24(25)35)23(34)28-19-12-10-18(16-30)11-13-19/h10-13,20,30H,2-9,14-16H2,1H3,(H,27,32)(H,28,34)(H,29,33)(H3,25,26,35). The average Bonchev–Trinajstić information content (AvgIpc) is 2.82. The summed E-state index contributed by atoms with van der Waals surface area (Å²) in [5.41, 5.74) is 6.23. The van der Waals surface area contributed by atoms with Gasteiger partial charge in [0, 0.05) is 25.1 Å². The Balaban J connectivity index is 2.50. The van der Waals surface area contributed by atoms with Gasteiger partial charge in [-0.2, -0.15) is 0 Å². The molecular weight excluding hydrogens is 454 g/mol. The predicted octanol–water partition coefficient (Wildman–Crippen LogP) is 1.10. The number of unbranched alkanes of at least 4 members (excludes halogenated alkanes) is 3. The molecule has 0 aliphatic rings. The van der Waals surface area contributed by atoms with E-state index in [1.165, 1.54) is 0 Å². The van der Waals surface area contributed by atoms with Gasteiger partial charge in [0.1, 0.15) is 11.8 Å². The number of benzene rings is 1. The molecule has 1 unspecified atom stereocenters. The van der Waals surface area contributed by atoms with Gasteiger partial charge in [0.15, 0.2) is 0 Å². The van der Waals surface area contributed by atoms with E-state index in [2.05, 4.69) is 21.3 Å². The Morgan fingerprint density at radius 1 is 0.886 bits per heavy atom. The summed E-state index contributed by atoms with van der Waals surface area (Å²) in [5, 5.41) is 19.4. The van der Waals surface area contributed by atoms with Crippen molar-refractivity contribution < 1.29 is 29.1 Å². The molecule has 1 aromatic rings. The predicted molar refractivity (Wildman–Crippen MR) is 131 cm³/mol. The number of aliphatic hydroxyl groups excluding tert-OH is 1. The molecule has 1 atom stereocenters. The first-order chi connectivity index (χ1) is 16.7. The Bertz CT molecular complexity index is 843. The molecule has 11 nitrogen and oxygen atoms in total. The van der Waals surface area contributed by atoms with Crippen LogP contribution >= 0.6 is 0 Å². The van der Waals surface area contributed by atoms with Crippen molar-refractivity contribution in [2.75, 3.05) is 18.4 Å². The van der Waals surface area contributed by atoms with Gasteiger partial charge in [-0.3, -0.25) is 14.4 Å². The summed E-state index contributed by atoms with van der Waals surface area (Å²) in [6, 6.07) is 5.03. The van der Waals surface area contributed by atoms with Crippen LogP contribution in [-0.2, 0) is 25.8 Å². The highest BCUT2D eigenvalue weighted by Gasteiger charge is 2.21. The van der Waals surface area contributed by atoms with Gasteiger partial charge in [0.25, 0.3) is 0 Å². The number of aliphatic hydroxyl groups is 1. The molecule has 0 saturated carbocycles. The SMILES string of the molecule is CC(=O)CCCCCCC(=O)NCC(=O)NC(CCCNC(N)=O)C(=O)Nc1ccc(CO)cc1. The van der Waals surface area contributed by atoms with Gasteiger partial charge in [-0.25, -0.2) is 4.79 Å². The molecular formula is C24H37N5O6. The lowest BCUT2D eigenvalue weighted by atomic mass is 10.1. The number of urea groups is 1. The van der Waals surface area contributed by atoms with Gasteiger partial charge >= 0.3 is 6.03 Å². The normalized spacial score (nSPS) is 11.3. The number of primary amides is 1. The van der Waals surface area contributed by atoms with Crippen LogP contribution in [-0.4, -0.2) is 53.8 Å². The molecule has 0 aliphatic heterocycles. The van der Waals surface area contributed by atoms with Gasteiger partial charge in [0.05, 0.1) is 13.2 Å². The van der Waals surface area contributed by atoms with Crippen molar-refractivity contribution in [3.8, 4) is 0 Å². The number of Topliss-reactive ketones (excluding diaryl/α,β-unsaturated/α-hetero) is 1. The fourth-order valence-corrected chi connectivity index (χ4v) is 3.24. The molecule has 1 rings (SSSR count). The van der Waals surface area contributed by atoms with E-state index in [9.17, 15) is 24.0 Å². The van der Waals surface area contributed by atoms with Crippen LogP contribution in [0.1, 0.15) is 63.9 Å². The zero-order chi connectivity index (χ0) is 26.1. The van der Waals surface area contributed by atoms with Crippen molar-refractivity contribution >= 4 is 35.2 Å². The Labute approximate surface area is 205 Å². The summed E-state index contributed by atoms with van der Waals surface area (Å²) in [6.07, 6.45) is 4.63. The third-order valence-electron chi connectivity index (χ3n) is 5.15. The highest BCUT2D eigenvalue weighted by molar-refractivity contribution is 5.97. The van der Waals surface area contributed by atoms with Crippen molar-refractivity contribution in [3.63, 3.8) is 0 Å². The highest BCUT2D eigenvalue weighted by atomic mass is 16.3. The highest BCUT2D eigenvalue weighted by Crippen LogP contribution is 2.11. The minimum atomic E-state index is -0.895. The second-order valence-electron chi connectivity index (χ2n) is 8.29. The molecule has 5 amide bonds. The van der Waals surface area contributed by atoms with Crippen molar-refractivity contribution in [1.82, 2.24) is 16.0 Å². The van der Waals surface area contributed by atoms with Crippen LogP contribution in [0, 0.1) is 0 Å². The fraction of sp³-hybridized carbons (Fsp3) is 0.542. The van der Waals surface area contributed by atoms with Gasteiger partial charge in [-0.15, -0.1) is 0 Å². The van der Waals surface area contributed by atoms with Crippen LogP contribution in [0.2, 0.25) is 0 Å². The number of hydrogen-bond donors (Lipinski definition) is 6. The van der Waals surface area contributed by atoms with Gasteiger partial charge < -0.3 is 36.9 Å². The lowest BCUT2D eigenvalue weighted by molar-refractivity contribution is -0.128. The summed E-state index contributed by atoms with van der Waals surface area (Å²) < 4.78 is 0. The topological polar surface area (TPSA) is 180 Å².